The van der Waals surface area contributed by atoms with Crippen LogP contribution >= 0.6 is 0 Å². The van der Waals surface area contributed by atoms with Gasteiger partial charge in [0, 0.05) is 11.5 Å². The molecule has 0 saturated carbocycles. The fourth-order valence-electron chi connectivity index (χ4n) is 1.93. The molecule has 0 fully saturated rings. The number of aliphatic hydroxyl groups excluding tert-OH is 1. The van der Waals surface area contributed by atoms with Crippen LogP contribution in [0.15, 0.2) is 60.7 Å². The summed E-state index contributed by atoms with van der Waals surface area (Å²) in [5.74, 6) is 4.95. The quantitative estimate of drug-likeness (QED) is 0.838. The first-order valence-corrected chi connectivity index (χ1v) is 6.80. The van der Waals surface area contributed by atoms with Gasteiger partial charge < -0.3 is 10.4 Å². The van der Waals surface area contributed by atoms with Crippen molar-refractivity contribution in [3.63, 3.8) is 0 Å². The molecule has 0 aliphatic carbocycles. The summed E-state index contributed by atoms with van der Waals surface area (Å²) in [6.45, 7) is -0.117. The van der Waals surface area contributed by atoms with Gasteiger partial charge in [-0.2, -0.15) is 0 Å². The van der Waals surface area contributed by atoms with E-state index in [9.17, 15) is 9.90 Å². The van der Waals surface area contributed by atoms with Crippen molar-refractivity contribution in [2.24, 2.45) is 0 Å². The first-order chi connectivity index (χ1) is 10.3. The number of aliphatic hydroxyl groups is 1. The molecule has 2 rings (SSSR count). The Kier molecular flexibility index (Phi) is 5.57. The second-order valence-electron chi connectivity index (χ2n) is 4.66. The minimum absolute atomic E-state index is 0.117. The molecule has 3 heteroatoms. The van der Waals surface area contributed by atoms with Crippen LogP contribution in [0.25, 0.3) is 0 Å². The van der Waals surface area contributed by atoms with Crippen molar-refractivity contribution in [1.29, 1.82) is 0 Å². The molecule has 0 spiro atoms. The lowest BCUT2D eigenvalue weighted by atomic mass is 10.1. The van der Waals surface area contributed by atoms with Gasteiger partial charge >= 0.3 is 0 Å². The SMILES string of the molecule is O=C(C#Cc1ccccc1)N[C@H](CO)Cc1ccccc1. The van der Waals surface area contributed by atoms with Crippen molar-refractivity contribution in [3.8, 4) is 11.8 Å². The summed E-state index contributed by atoms with van der Waals surface area (Å²) in [7, 11) is 0. The highest BCUT2D eigenvalue weighted by molar-refractivity contribution is 5.94. The van der Waals surface area contributed by atoms with Gasteiger partial charge in [-0.05, 0) is 24.1 Å². The molecule has 0 saturated heterocycles. The Morgan fingerprint density at radius 2 is 1.67 bits per heavy atom. The Balaban J connectivity index is 1.93. The molecule has 0 heterocycles. The average Bonchev–Trinajstić information content (AvgIpc) is 2.54. The van der Waals surface area contributed by atoms with Gasteiger partial charge in [-0.1, -0.05) is 54.5 Å². The van der Waals surface area contributed by atoms with E-state index >= 15 is 0 Å². The van der Waals surface area contributed by atoms with Crippen molar-refractivity contribution in [3.05, 3.63) is 71.8 Å². The summed E-state index contributed by atoms with van der Waals surface area (Å²) in [6, 6.07) is 18.7. The highest BCUT2D eigenvalue weighted by atomic mass is 16.3. The van der Waals surface area contributed by atoms with Gasteiger partial charge in [-0.15, -0.1) is 0 Å². The second kappa shape index (κ2) is 7.88. The third kappa shape index (κ3) is 5.13. The monoisotopic (exact) mass is 279 g/mol. The number of benzene rings is 2. The topological polar surface area (TPSA) is 49.3 Å². The zero-order chi connectivity index (χ0) is 14.9. The molecule has 2 aromatic carbocycles. The molecule has 0 aromatic heterocycles. The molecular weight excluding hydrogens is 262 g/mol. The molecule has 2 N–H and O–H groups in total. The highest BCUT2D eigenvalue weighted by Crippen LogP contribution is 2.02. The second-order valence-corrected chi connectivity index (χ2v) is 4.66. The molecule has 0 aliphatic heterocycles. The number of carbonyl (C=O) groups excluding carboxylic acids is 1. The molecule has 3 nitrogen and oxygen atoms in total. The summed E-state index contributed by atoms with van der Waals surface area (Å²) in [5.41, 5.74) is 1.85. The van der Waals surface area contributed by atoms with Crippen LogP contribution in [-0.4, -0.2) is 23.7 Å². The normalized spacial score (nSPS) is 11.1. The van der Waals surface area contributed by atoms with Crippen molar-refractivity contribution < 1.29 is 9.90 Å². The molecular formula is C18H17NO2. The predicted molar refractivity (Wildman–Crippen MR) is 82.5 cm³/mol. The van der Waals surface area contributed by atoms with E-state index in [-0.39, 0.29) is 18.6 Å². The Hall–Kier alpha value is -2.57. The van der Waals surface area contributed by atoms with Crippen LogP contribution in [0.5, 0.6) is 0 Å². The third-order valence-corrected chi connectivity index (χ3v) is 2.97. The number of hydrogen-bond acceptors (Lipinski definition) is 2. The van der Waals surface area contributed by atoms with Crippen molar-refractivity contribution in [2.75, 3.05) is 6.61 Å². The van der Waals surface area contributed by atoms with Gasteiger partial charge in [-0.25, -0.2) is 0 Å². The molecule has 21 heavy (non-hydrogen) atoms. The van der Waals surface area contributed by atoms with Crippen LogP contribution in [0.2, 0.25) is 0 Å². The Morgan fingerprint density at radius 3 is 2.29 bits per heavy atom. The van der Waals surface area contributed by atoms with Gasteiger partial charge in [0.1, 0.15) is 0 Å². The largest absolute Gasteiger partial charge is 0.394 e. The fourth-order valence-corrected chi connectivity index (χ4v) is 1.93. The van der Waals surface area contributed by atoms with E-state index in [1.54, 1.807) is 0 Å². The van der Waals surface area contributed by atoms with Crippen molar-refractivity contribution >= 4 is 5.91 Å². The standard InChI is InChI=1S/C18H17NO2/c20-14-17(13-16-9-5-2-6-10-16)19-18(21)12-11-15-7-3-1-4-8-15/h1-10,17,20H,13-14H2,(H,19,21)/t17-/m0/s1. The first-order valence-electron chi connectivity index (χ1n) is 6.80. The molecule has 2 aromatic rings. The zero-order valence-corrected chi connectivity index (χ0v) is 11.6. The molecule has 0 unspecified atom stereocenters. The van der Waals surface area contributed by atoms with Crippen molar-refractivity contribution in [1.82, 2.24) is 5.32 Å². The maximum Gasteiger partial charge on any atom is 0.296 e. The number of rotatable bonds is 4. The van der Waals surface area contributed by atoms with Gasteiger partial charge in [0.25, 0.3) is 5.91 Å². The summed E-state index contributed by atoms with van der Waals surface area (Å²) in [5, 5.41) is 12.1. The van der Waals surface area contributed by atoms with Crippen molar-refractivity contribution in [2.45, 2.75) is 12.5 Å². The lowest BCUT2D eigenvalue weighted by molar-refractivity contribution is -0.116. The number of carbonyl (C=O) groups is 1. The maximum absolute atomic E-state index is 11.8. The molecule has 0 radical (unpaired) electrons. The zero-order valence-electron chi connectivity index (χ0n) is 11.6. The summed E-state index contributed by atoms with van der Waals surface area (Å²) >= 11 is 0. The fraction of sp³-hybridized carbons (Fsp3) is 0.167. The Bertz CT molecular complexity index is 627. The van der Waals surface area contributed by atoms with Crippen LogP contribution in [0.3, 0.4) is 0 Å². The van der Waals surface area contributed by atoms with Crippen LogP contribution in [0.4, 0.5) is 0 Å². The Morgan fingerprint density at radius 1 is 1.05 bits per heavy atom. The van der Waals surface area contributed by atoms with Crippen LogP contribution in [0.1, 0.15) is 11.1 Å². The van der Waals surface area contributed by atoms with E-state index in [0.29, 0.717) is 6.42 Å². The van der Waals surface area contributed by atoms with E-state index in [0.717, 1.165) is 11.1 Å². The molecule has 1 atom stereocenters. The lowest BCUT2D eigenvalue weighted by Gasteiger charge is -2.14. The number of amides is 1. The summed E-state index contributed by atoms with van der Waals surface area (Å²) < 4.78 is 0. The van der Waals surface area contributed by atoms with E-state index in [1.807, 2.05) is 60.7 Å². The lowest BCUT2D eigenvalue weighted by Crippen LogP contribution is -2.38. The first kappa shape index (κ1) is 14.8. The highest BCUT2D eigenvalue weighted by Gasteiger charge is 2.10. The van der Waals surface area contributed by atoms with Gasteiger partial charge in [0.15, 0.2) is 0 Å². The average molecular weight is 279 g/mol. The molecule has 0 bridgehead atoms. The summed E-state index contributed by atoms with van der Waals surface area (Å²) in [4.78, 5) is 11.8. The minimum Gasteiger partial charge on any atom is -0.394 e. The Labute approximate surface area is 124 Å². The van der Waals surface area contributed by atoms with Gasteiger partial charge in [0.2, 0.25) is 0 Å². The third-order valence-electron chi connectivity index (χ3n) is 2.97. The van der Waals surface area contributed by atoms with E-state index in [1.165, 1.54) is 0 Å². The van der Waals surface area contributed by atoms with Gasteiger partial charge in [0.05, 0.1) is 12.6 Å². The number of nitrogens with one attached hydrogen (secondary N) is 1. The van der Waals surface area contributed by atoms with E-state index in [4.69, 9.17) is 0 Å². The van der Waals surface area contributed by atoms with Crippen LogP contribution in [0, 0.1) is 11.8 Å². The molecule has 106 valence electrons. The maximum atomic E-state index is 11.8. The molecule has 0 aliphatic rings. The van der Waals surface area contributed by atoms with Crippen LogP contribution < -0.4 is 5.32 Å². The predicted octanol–water partition coefficient (Wildman–Crippen LogP) is 1.76. The van der Waals surface area contributed by atoms with E-state index in [2.05, 4.69) is 17.2 Å². The molecule has 1 amide bonds. The van der Waals surface area contributed by atoms with Crippen LogP contribution in [-0.2, 0) is 11.2 Å². The minimum atomic E-state index is -0.381. The van der Waals surface area contributed by atoms with Gasteiger partial charge in [-0.3, -0.25) is 4.79 Å². The number of hydrogen-bond donors (Lipinski definition) is 2. The smallest absolute Gasteiger partial charge is 0.296 e. The summed E-state index contributed by atoms with van der Waals surface area (Å²) in [6.07, 6.45) is 0.579. The van der Waals surface area contributed by atoms with E-state index < -0.39 is 0 Å².